The molecule has 0 saturated carbocycles. The van der Waals surface area contributed by atoms with Gasteiger partial charge in [-0.2, -0.15) is 0 Å². The number of hydrogen-bond acceptors (Lipinski definition) is 4. The Bertz CT molecular complexity index is 1460. The van der Waals surface area contributed by atoms with Crippen LogP contribution in [0.5, 0.6) is 0 Å². The van der Waals surface area contributed by atoms with Crippen molar-refractivity contribution in [1.29, 1.82) is 0 Å². The maximum atomic E-state index is 15.0. The summed E-state index contributed by atoms with van der Waals surface area (Å²) in [6, 6.07) is 8.32. The highest BCUT2D eigenvalue weighted by molar-refractivity contribution is 9.11. The van der Waals surface area contributed by atoms with E-state index in [0.717, 1.165) is 60.8 Å². The van der Waals surface area contributed by atoms with Crippen LogP contribution in [0.3, 0.4) is 0 Å². The smallest absolute Gasteiger partial charge is 0.261 e. The molecule has 0 aromatic carbocycles. The first-order valence-electron chi connectivity index (χ1n) is 21.0. The van der Waals surface area contributed by atoms with E-state index in [9.17, 15) is 4.79 Å². The van der Waals surface area contributed by atoms with Gasteiger partial charge in [0, 0.05) is 13.1 Å². The van der Waals surface area contributed by atoms with E-state index in [1.807, 2.05) is 9.80 Å². The van der Waals surface area contributed by atoms with Gasteiger partial charge in [-0.25, -0.2) is 0 Å². The van der Waals surface area contributed by atoms with Gasteiger partial charge in [0.05, 0.1) is 39.9 Å². The van der Waals surface area contributed by atoms with Crippen molar-refractivity contribution in [2.45, 2.75) is 169 Å². The summed E-state index contributed by atoms with van der Waals surface area (Å²) in [4.78, 5) is 36.1. The molecule has 2 aromatic heterocycles. The second kappa shape index (κ2) is 23.6. The lowest BCUT2D eigenvalue weighted by molar-refractivity contribution is -0.124. The highest BCUT2D eigenvalue weighted by atomic mass is 79.9. The molecule has 0 fully saturated rings. The Kier molecular flexibility index (Phi) is 19.8. The molecule has 0 bridgehead atoms. The lowest BCUT2D eigenvalue weighted by Gasteiger charge is -2.29. The predicted molar refractivity (Wildman–Crippen MR) is 233 cm³/mol. The van der Waals surface area contributed by atoms with Crippen LogP contribution in [-0.4, -0.2) is 34.7 Å². The van der Waals surface area contributed by atoms with Crippen LogP contribution in [0.25, 0.3) is 11.4 Å². The SMILES string of the molecule is CCCCCCCCC(CCCC)CN1C(=O)C2=C(c3ccc(Br)s3)N(CC(CCCCCC)CCCCCCCC)C(=O)C2=C1c1ccc(Br)s1. The fraction of sp³-hybridized carbons (Fsp3) is 0.682. The second-order valence-electron chi connectivity index (χ2n) is 15.3. The minimum atomic E-state index is 0.0183. The van der Waals surface area contributed by atoms with Gasteiger partial charge >= 0.3 is 0 Å². The average Bonchev–Trinajstić information content (AvgIpc) is 3.89. The van der Waals surface area contributed by atoms with E-state index in [1.54, 1.807) is 22.7 Å². The van der Waals surface area contributed by atoms with Crippen LogP contribution >= 0.6 is 54.5 Å². The summed E-state index contributed by atoms with van der Waals surface area (Å²) < 4.78 is 2.04. The molecule has 52 heavy (non-hydrogen) atoms. The Labute approximate surface area is 341 Å². The number of nitrogens with zero attached hydrogens (tertiary/aromatic N) is 2. The Morgan fingerprint density at radius 3 is 1.15 bits per heavy atom. The van der Waals surface area contributed by atoms with Gasteiger partial charge in [-0.1, -0.05) is 143 Å². The molecular formula is C44H66Br2N2O2S2. The van der Waals surface area contributed by atoms with Crippen LogP contribution in [0.4, 0.5) is 0 Å². The number of amides is 2. The van der Waals surface area contributed by atoms with E-state index in [1.165, 1.54) is 109 Å². The summed E-state index contributed by atoms with van der Waals surface area (Å²) >= 11 is 10.7. The molecule has 8 heteroatoms. The third-order valence-corrected chi connectivity index (χ3v) is 14.3. The molecule has 0 spiro atoms. The largest absolute Gasteiger partial charge is 0.306 e. The van der Waals surface area contributed by atoms with Gasteiger partial charge in [-0.3, -0.25) is 9.59 Å². The maximum absolute atomic E-state index is 15.0. The Morgan fingerprint density at radius 2 is 0.808 bits per heavy atom. The highest BCUT2D eigenvalue weighted by Crippen LogP contribution is 2.50. The van der Waals surface area contributed by atoms with Gasteiger partial charge in [0.15, 0.2) is 0 Å². The Balaban J connectivity index is 1.68. The third-order valence-electron chi connectivity index (χ3n) is 11.0. The molecule has 4 rings (SSSR count). The van der Waals surface area contributed by atoms with Crippen molar-refractivity contribution in [3.63, 3.8) is 0 Å². The van der Waals surface area contributed by atoms with Gasteiger partial charge < -0.3 is 9.80 Å². The average molecular weight is 879 g/mol. The fourth-order valence-corrected chi connectivity index (χ4v) is 11.0. The van der Waals surface area contributed by atoms with Crippen molar-refractivity contribution in [3.8, 4) is 0 Å². The van der Waals surface area contributed by atoms with Crippen LogP contribution in [0.15, 0.2) is 43.0 Å². The van der Waals surface area contributed by atoms with E-state index < -0.39 is 0 Å². The first kappa shape index (κ1) is 43.5. The standard InChI is InChI=1S/C44H66Br2N2O2S2/c1-5-9-13-16-18-21-25-33(23-12-8-4)31-47-41(35-27-29-37(45)51-35)39-40(43(47)49)42(36-28-30-38(46)52-36)48(44(39)50)32-34(24-20-15-11-7-3)26-22-19-17-14-10-6-2/h27-30,33-34H,5-26,31-32H2,1-4H3. The number of unbranched alkanes of at least 4 members (excludes halogenated alkanes) is 14. The van der Waals surface area contributed by atoms with Crippen molar-refractivity contribution in [2.75, 3.05) is 13.1 Å². The molecule has 4 nitrogen and oxygen atoms in total. The van der Waals surface area contributed by atoms with Crippen molar-refractivity contribution in [1.82, 2.24) is 9.80 Å². The highest BCUT2D eigenvalue weighted by Gasteiger charge is 2.50. The first-order chi connectivity index (χ1) is 25.3. The minimum Gasteiger partial charge on any atom is -0.306 e. The lowest BCUT2D eigenvalue weighted by atomic mass is 9.93. The zero-order chi connectivity index (χ0) is 37.3. The van der Waals surface area contributed by atoms with Gasteiger partial charge in [0.1, 0.15) is 0 Å². The van der Waals surface area contributed by atoms with Crippen molar-refractivity contribution < 1.29 is 9.59 Å². The predicted octanol–water partition coefficient (Wildman–Crippen LogP) is 15.0. The van der Waals surface area contributed by atoms with Gasteiger partial charge in [-0.05, 0) is 93.6 Å². The molecule has 0 radical (unpaired) electrons. The molecule has 290 valence electrons. The first-order valence-corrected chi connectivity index (χ1v) is 24.2. The zero-order valence-electron chi connectivity index (χ0n) is 32.7. The quantitative estimate of drug-likeness (QED) is 0.0799. The number of fused-ring (bicyclic) bond motifs is 1. The summed E-state index contributed by atoms with van der Waals surface area (Å²) in [5, 5.41) is 0. The van der Waals surface area contributed by atoms with Crippen LogP contribution in [0.2, 0.25) is 0 Å². The molecule has 2 aliphatic heterocycles. The van der Waals surface area contributed by atoms with Gasteiger partial charge in [-0.15, -0.1) is 22.7 Å². The van der Waals surface area contributed by atoms with Gasteiger partial charge in [0.2, 0.25) is 0 Å². The Morgan fingerprint density at radius 1 is 0.481 bits per heavy atom. The van der Waals surface area contributed by atoms with Crippen molar-refractivity contribution >= 4 is 77.7 Å². The summed E-state index contributed by atoms with van der Waals surface area (Å²) in [7, 11) is 0. The summed E-state index contributed by atoms with van der Waals surface area (Å²) in [5.74, 6) is 0.882. The normalized spacial score (nSPS) is 15.9. The minimum absolute atomic E-state index is 0.0183. The number of carbonyl (C=O) groups is 2. The van der Waals surface area contributed by atoms with Crippen LogP contribution < -0.4 is 0 Å². The number of thiophene rings is 2. The van der Waals surface area contributed by atoms with E-state index >= 15 is 4.79 Å². The second-order valence-corrected chi connectivity index (χ2v) is 20.2. The zero-order valence-corrected chi connectivity index (χ0v) is 37.5. The van der Waals surface area contributed by atoms with E-state index in [0.29, 0.717) is 36.1 Å². The molecule has 2 aliphatic rings. The molecule has 2 atom stereocenters. The Hall–Kier alpha value is -1.22. The summed E-state index contributed by atoms with van der Waals surface area (Å²) in [6.07, 6.45) is 27.1. The lowest BCUT2D eigenvalue weighted by Crippen LogP contribution is -2.34. The monoisotopic (exact) mass is 876 g/mol. The van der Waals surface area contributed by atoms with Crippen molar-refractivity contribution in [3.05, 3.63) is 52.7 Å². The molecule has 2 unspecified atom stereocenters. The molecule has 0 saturated heterocycles. The van der Waals surface area contributed by atoms with Crippen molar-refractivity contribution in [2.24, 2.45) is 11.8 Å². The molecule has 2 amide bonds. The maximum Gasteiger partial charge on any atom is 0.261 e. The van der Waals surface area contributed by atoms with Crippen LogP contribution in [0, 0.1) is 11.8 Å². The number of halogens is 2. The molecule has 0 N–H and O–H groups in total. The number of rotatable bonds is 28. The number of carbonyl (C=O) groups excluding carboxylic acids is 2. The van der Waals surface area contributed by atoms with Gasteiger partial charge in [0.25, 0.3) is 11.8 Å². The summed E-state index contributed by atoms with van der Waals surface area (Å²) in [5.41, 5.74) is 2.96. The molecule has 0 aliphatic carbocycles. The van der Waals surface area contributed by atoms with Crippen LogP contribution in [0.1, 0.15) is 179 Å². The van der Waals surface area contributed by atoms with E-state index in [4.69, 9.17) is 0 Å². The topological polar surface area (TPSA) is 40.6 Å². The molecular weight excluding hydrogens is 812 g/mol. The third kappa shape index (κ3) is 12.4. The summed E-state index contributed by atoms with van der Waals surface area (Å²) in [6.45, 7) is 10.4. The molecule has 4 heterocycles. The van der Waals surface area contributed by atoms with E-state index in [2.05, 4.69) is 83.8 Å². The van der Waals surface area contributed by atoms with E-state index in [-0.39, 0.29) is 11.8 Å². The molecule has 2 aromatic rings. The number of hydrogen-bond donors (Lipinski definition) is 0. The van der Waals surface area contributed by atoms with Crippen LogP contribution in [-0.2, 0) is 9.59 Å². The fourth-order valence-electron chi connectivity index (χ4n) is 8.09.